The number of benzene rings is 2. The van der Waals surface area contributed by atoms with Crippen molar-refractivity contribution < 1.29 is 23.7 Å². The zero-order chi connectivity index (χ0) is 31.3. The molecule has 1 atom stereocenters. The summed E-state index contributed by atoms with van der Waals surface area (Å²) in [5.74, 6) is 1.81. The number of halogens is 1. The zero-order valence-corrected chi connectivity index (χ0v) is 26.1. The second-order valence-corrected chi connectivity index (χ2v) is 10.7. The third-order valence-electron chi connectivity index (χ3n) is 7.03. The lowest BCUT2D eigenvalue weighted by Crippen LogP contribution is -2.29. The summed E-state index contributed by atoms with van der Waals surface area (Å²) in [6, 6.07) is 12.7. The van der Waals surface area contributed by atoms with Crippen LogP contribution in [0.15, 0.2) is 59.6 Å². The van der Waals surface area contributed by atoms with E-state index in [-0.39, 0.29) is 12.3 Å². The van der Waals surface area contributed by atoms with Crippen molar-refractivity contribution in [1.29, 1.82) is 0 Å². The largest absolute Gasteiger partial charge is 0.497 e. The molecule has 0 saturated heterocycles. The monoisotopic (exact) mass is 624 g/mol. The summed E-state index contributed by atoms with van der Waals surface area (Å²) in [7, 11) is 1.62. The number of nitrogens with one attached hydrogen (secondary N) is 1. The lowest BCUT2D eigenvalue weighted by molar-refractivity contribution is -0.121. The highest BCUT2D eigenvalue weighted by atomic mass is 35.5. The Morgan fingerprint density at radius 1 is 1.00 bits per heavy atom. The average Bonchev–Trinajstić information content (AvgIpc) is 3.35. The Kier molecular flexibility index (Phi) is 12.9. The van der Waals surface area contributed by atoms with Crippen LogP contribution in [0.4, 0.5) is 0 Å². The quantitative estimate of drug-likeness (QED) is 0.160. The number of methoxy groups -OCH3 is 1. The van der Waals surface area contributed by atoms with E-state index in [1.165, 1.54) is 0 Å². The fourth-order valence-electron chi connectivity index (χ4n) is 4.75. The summed E-state index contributed by atoms with van der Waals surface area (Å²) in [5.41, 5.74) is 9.77. The molecule has 3 N–H and O–H groups in total. The van der Waals surface area contributed by atoms with Crippen molar-refractivity contribution in [2.24, 2.45) is 10.7 Å². The van der Waals surface area contributed by atoms with Gasteiger partial charge < -0.3 is 30.0 Å². The van der Waals surface area contributed by atoms with Gasteiger partial charge in [-0.25, -0.2) is 0 Å². The molecule has 1 aliphatic rings. The van der Waals surface area contributed by atoms with Crippen molar-refractivity contribution >= 4 is 23.2 Å². The molecular weight excluding hydrogens is 584 g/mol. The van der Waals surface area contributed by atoms with E-state index in [0.717, 1.165) is 35.2 Å². The molecule has 236 valence electrons. The molecule has 0 spiro atoms. The van der Waals surface area contributed by atoms with E-state index in [1.807, 2.05) is 54.0 Å². The number of nitrogens with zero attached hydrogens (tertiary/aromatic N) is 4. The van der Waals surface area contributed by atoms with Crippen LogP contribution in [-0.2, 0) is 19.0 Å². The number of aromatic nitrogens is 3. The van der Waals surface area contributed by atoms with Crippen LogP contribution in [0.25, 0.3) is 5.69 Å². The number of carbonyl (C=O) groups is 1. The molecule has 11 nitrogen and oxygen atoms in total. The molecule has 0 radical (unpaired) electrons. The number of hydrogen-bond acceptors (Lipinski definition) is 9. The maximum Gasteiger partial charge on any atom is 0.222 e. The normalized spacial score (nSPS) is 13.9. The van der Waals surface area contributed by atoms with Crippen LogP contribution in [0, 0.1) is 6.92 Å². The summed E-state index contributed by atoms with van der Waals surface area (Å²) in [5, 5.41) is 12.3. The van der Waals surface area contributed by atoms with Crippen LogP contribution in [-0.4, -0.2) is 86.2 Å². The molecule has 0 bridgehead atoms. The lowest BCUT2D eigenvalue weighted by atomic mass is 10.00. The van der Waals surface area contributed by atoms with Crippen LogP contribution in [0.3, 0.4) is 0 Å². The second kappa shape index (κ2) is 17.0. The number of aliphatic imine (C=N–C) groups is 1. The SMILES string of the molecule is C=C(CCOCCN)CCOCCOCCNC(=O)C[C@@H]1N=C(c2ccc(Cl)cc2)c2cc(OC)ccc2-n2c(C)nnc21. The van der Waals surface area contributed by atoms with E-state index in [4.69, 9.17) is 41.3 Å². The van der Waals surface area contributed by atoms with Gasteiger partial charge in [-0.05, 0) is 50.1 Å². The van der Waals surface area contributed by atoms with Gasteiger partial charge in [0.2, 0.25) is 5.91 Å². The van der Waals surface area contributed by atoms with E-state index in [1.54, 1.807) is 7.11 Å². The smallest absolute Gasteiger partial charge is 0.222 e. The third kappa shape index (κ3) is 9.20. The van der Waals surface area contributed by atoms with Crippen LogP contribution in [0.5, 0.6) is 5.75 Å². The van der Waals surface area contributed by atoms with Crippen molar-refractivity contribution in [3.63, 3.8) is 0 Å². The molecule has 2 heterocycles. The Bertz CT molecular complexity index is 1420. The van der Waals surface area contributed by atoms with E-state index < -0.39 is 6.04 Å². The van der Waals surface area contributed by atoms with Gasteiger partial charge >= 0.3 is 0 Å². The number of hydrogen-bond donors (Lipinski definition) is 2. The lowest BCUT2D eigenvalue weighted by Gasteiger charge is -2.14. The number of aryl methyl sites for hydroxylation is 1. The fourth-order valence-corrected chi connectivity index (χ4v) is 4.88. The summed E-state index contributed by atoms with van der Waals surface area (Å²) in [6.45, 7) is 9.85. The molecule has 0 saturated carbocycles. The number of fused-ring (bicyclic) bond motifs is 3. The average molecular weight is 625 g/mol. The van der Waals surface area contributed by atoms with Gasteiger partial charge in [0.05, 0.1) is 64.6 Å². The van der Waals surface area contributed by atoms with E-state index in [9.17, 15) is 4.79 Å². The molecule has 1 aromatic heterocycles. The Balaban J connectivity index is 1.31. The molecule has 44 heavy (non-hydrogen) atoms. The van der Waals surface area contributed by atoms with Crippen molar-refractivity contribution in [3.05, 3.63) is 82.4 Å². The van der Waals surface area contributed by atoms with Crippen LogP contribution in [0.2, 0.25) is 5.02 Å². The summed E-state index contributed by atoms with van der Waals surface area (Å²) >= 11 is 6.18. The summed E-state index contributed by atoms with van der Waals surface area (Å²) in [6.07, 6.45) is 1.66. The number of ether oxygens (including phenoxy) is 4. The number of carbonyl (C=O) groups excluding carboxylic acids is 1. The molecule has 2 aromatic carbocycles. The topological polar surface area (TPSA) is 135 Å². The molecular formula is C32H41ClN6O5. The van der Waals surface area contributed by atoms with E-state index in [0.29, 0.717) is 80.9 Å². The highest BCUT2D eigenvalue weighted by Gasteiger charge is 2.30. The van der Waals surface area contributed by atoms with Gasteiger partial charge in [-0.3, -0.25) is 14.4 Å². The molecule has 1 amide bonds. The second-order valence-electron chi connectivity index (χ2n) is 10.3. The van der Waals surface area contributed by atoms with Gasteiger partial charge in [-0.1, -0.05) is 35.9 Å². The first-order valence-electron chi connectivity index (χ1n) is 14.7. The predicted octanol–water partition coefficient (Wildman–Crippen LogP) is 3.98. The first-order chi connectivity index (χ1) is 21.4. The highest BCUT2D eigenvalue weighted by Crippen LogP contribution is 2.34. The standard InChI is InChI=1S/C32H41ClN6O5/c1-22(10-14-42-16-12-34)11-15-43-18-19-44-17-13-35-30(40)21-28-32-38-37-23(2)39(32)29-9-8-26(41-3)20-27(29)31(36-28)24-4-6-25(33)7-5-24/h4-9,20,28H,1,10-19,21,34H2,2-3H3,(H,35,40)/t28-/m0/s1. The van der Waals surface area contributed by atoms with Crippen LogP contribution >= 0.6 is 11.6 Å². The van der Waals surface area contributed by atoms with Crippen molar-refractivity contribution in [2.75, 3.05) is 59.8 Å². The van der Waals surface area contributed by atoms with Gasteiger partial charge in [0.1, 0.15) is 17.6 Å². The predicted molar refractivity (Wildman–Crippen MR) is 170 cm³/mol. The minimum Gasteiger partial charge on any atom is -0.497 e. The highest BCUT2D eigenvalue weighted by molar-refractivity contribution is 6.30. The Morgan fingerprint density at radius 3 is 2.41 bits per heavy atom. The molecule has 0 unspecified atom stereocenters. The molecule has 3 aromatic rings. The number of rotatable bonds is 18. The zero-order valence-electron chi connectivity index (χ0n) is 25.4. The molecule has 12 heteroatoms. The molecule has 1 aliphatic heterocycles. The number of amides is 1. The summed E-state index contributed by atoms with van der Waals surface area (Å²) in [4.78, 5) is 18.1. The Hall–Kier alpha value is -3.61. The van der Waals surface area contributed by atoms with Crippen molar-refractivity contribution in [2.45, 2.75) is 32.2 Å². The molecule has 0 aliphatic carbocycles. The maximum absolute atomic E-state index is 13.1. The first-order valence-corrected chi connectivity index (χ1v) is 15.1. The van der Waals surface area contributed by atoms with E-state index in [2.05, 4.69) is 22.1 Å². The van der Waals surface area contributed by atoms with Crippen molar-refractivity contribution in [1.82, 2.24) is 20.1 Å². The van der Waals surface area contributed by atoms with Gasteiger partial charge in [0.25, 0.3) is 0 Å². The molecule has 0 fully saturated rings. The Labute approximate surface area is 263 Å². The van der Waals surface area contributed by atoms with Crippen LogP contribution in [0.1, 0.15) is 48.1 Å². The first kappa shape index (κ1) is 33.3. The van der Waals surface area contributed by atoms with Crippen LogP contribution < -0.4 is 15.8 Å². The minimum absolute atomic E-state index is 0.0879. The summed E-state index contributed by atoms with van der Waals surface area (Å²) < 4.78 is 24.1. The van der Waals surface area contributed by atoms with Gasteiger partial charge in [-0.2, -0.15) is 0 Å². The minimum atomic E-state index is -0.573. The van der Waals surface area contributed by atoms with E-state index >= 15 is 0 Å². The van der Waals surface area contributed by atoms with Gasteiger partial charge in [-0.15, -0.1) is 10.2 Å². The van der Waals surface area contributed by atoms with Gasteiger partial charge in [0, 0.05) is 29.2 Å². The Morgan fingerprint density at radius 2 is 1.70 bits per heavy atom. The molecule has 4 rings (SSSR count). The maximum atomic E-state index is 13.1. The third-order valence-corrected chi connectivity index (χ3v) is 7.28. The van der Waals surface area contributed by atoms with Crippen molar-refractivity contribution in [3.8, 4) is 11.4 Å². The van der Waals surface area contributed by atoms with Gasteiger partial charge in [0.15, 0.2) is 5.82 Å². The fraction of sp³-hybridized carbons (Fsp3) is 0.438. The number of nitrogens with two attached hydrogens (primary N) is 1.